The second kappa shape index (κ2) is 15.6. The van der Waals surface area contributed by atoms with Gasteiger partial charge in [-0.05, 0) is 46.0 Å². The zero-order valence-corrected chi connectivity index (χ0v) is 25.0. The summed E-state index contributed by atoms with van der Waals surface area (Å²) in [5.74, 6) is 0. The molecular weight excluding hydrogens is 556 g/mol. The van der Waals surface area contributed by atoms with Crippen LogP contribution in [0.5, 0.6) is 0 Å². The van der Waals surface area contributed by atoms with E-state index in [1.54, 1.807) is 0 Å². The molecule has 0 saturated carbocycles. The molecule has 1 aliphatic heterocycles. The average molecular weight is 595 g/mol. The highest BCUT2D eigenvalue weighted by Gasteiger charge is 2.31. The van der Waals surface area contributed by atoms with Gasteiger partial charge in [0, 0.05) is 35.7 Å². The smallest absolute Gasteiger partial charge is 0.0854 e. The van der Waals surface area contributed by atoms with Crippen LogP contribution in [0.15, 0.2) is 127 Å². The van der Waals surface area contributed by atoms with Crippen LogP contribution in [0.1, 0.15) is 46.8 Å². The monoisotopic (exact) mass is 594 g/mol. The van der Waals surface area contributed by atoms with E-state index in [2.05, 4.69) is 30.3 Å². The molecule has 1 fully saturated rings. The van der Waals surface area contributed by atoms with E-state index in [9.17, 15) is 0 Å². The van der Waals surface area contributed by atoms with Gasteiger partial charge in [-0.3, -0.25) is 0 Å². The molecule has 1 heterocycles. The summed E-state index contributed by atoms with van der Waals surface area (Å²) in [4.78, 5) is 0. The number of ether oxygens (including phenoxy) is 3. The van der Waals surface area contributed by atoms with Crippen molar-refractivity contribution in [3.05, 3.63) is 160 Å². The van der Waals surface area contributed by atoms with Crippen LogP contribution in [0.25, 0.3) is 5.70 Å². The Balaban J connectivity index is 1.28. The van der Waals surface area contributed by atoms with E-state index in [1.165, 1.54) is 0 Å². The Kier molecular flexibility index (Phi) is 11.1. The molecule has 0 spiro atoms. The van der Waals surface area contributed by atoms with Crippen LogP contribution in [-0.4, -0.2) is 18.8 Å². The molecule has 4 aromatic rings. The number of allylic oxidation sites excluding steroid dienone is 3. The number of hydrogen-bond donors (Lipinski definition) is 2. The highest BCUT2D eigenvalue weighted by atomic mass is 35.5. The minimum Gasteiger partial charge on any atom is -0.402 e. The number of benzene rings is 4. The Labute approximate surface area is 259 Å². The van der Waals surface area contributed by atoms with Gasteiger partial charge < -0.3 is 25.7 Å². The molecule has 222 valence electrons. The van der Waals surface area contributed by atoms with Crippen LogP contribution in [-0.2, 0) is 33.8 Å². The molecule has 0 radical (unpaired) electrons. The number of hydrogen-bond acceptors (Lipinski definition) is 5. The standard InChI is InChI=1S/C37H39ClN2O3/c38-35-18-16-30(20-31(35)21-32(39)17-19-36(40)29-14-8-3-9-15-29)37-23-33(42-25-28-12-6-2-7-13-28)22-34(43-37)26-41-24-27-10-4-1-5-11-27/h1-20,33-34,37H,21-26,39-40H2/b32-17-,36-19-. The van der Waals surface area contributed by atoms with E-state index in [4.69, 9.17) is 37.3 Å². The van der Waals surface area contributed by atoms with E-state index < -0.39 is 0 Å². The lowest BCUT2D eigenvalue weighted by molar-refractivity contribution is -0.142. The maximum atomic E-state index is 6.63. The summed E-state index contributed by atoms with van der Waals surface area (Å²) in [7, 11) is 0. The molecule has 0 aromatic heterocycles. The Morgan fingerprint density at radius 1 is 0.791 bits per heavy atom. The normalized spacial score (nSPS) is 19.3. The fourth-order valence-electron chi connectivity index (χ4n) is 5.23. The molecule has 4 N–H and O–H groups in total. The third-order valence-electron chi connectivity index (χ3n) is 7.52. The van der Waals surface area contributed by atoms with Crippen molar-refractivity contribution in [2.75, 3.05) is 6.61 Å². The molecule has 5 rings (SSSR count). The Bertz CT molecular complexity index is 1490. The highest BCUT2D eigenvalue weighted by Crippen LogP contribution is 2.35. The SMILES string of the molecule is N/C(=C\C=C(/N)c1ccccc1)Cc1cc(C2CC(OCc3ccccc3)CC(COCc3ccccc3)O2)ccc1Cl. The molecule has 0 amide bonds. The second-order valence-electron chi connectivity index (χ2n) is 10.9. The van der Waals surface area contributed by atoms with E-state index in [0.29, 0.717) is 42.7 Å². The summed E-state index contributed by atoms with van der Waals surface area (Å²) in [5.41, 5.74) is 19.2. The molecule has 0 bridgehead atoms. The Morgan fingerprint density at radius 2 is 1.44 bits per heavy atom. The largest absolute Gasteiger partial charge is 0.402 e. The maximum Gasteiger partial charge on any atom is 0.0854 e. The van der Waals surface area contributed by atoms with Gasteiger partial charge in [-0.2, -0.15) is 0 Å². The summed E-state index contributed by atoms with van der Waals surface area (Å²) < 4.78 is 19.1. The van der Waals surface area contributed by atoms with Crippen molar-refractivity contribution in [1.29, 1.82) is 0 Å². The van der Waals surface area contributed by atoms with Crippen molar-refractivity contribution in [2.45, 2.75) is 50.8 Å². The summed E-state index contributed by atoms with van der Waals surface area (Å²) >= 11 is 6.63. The van der Waals surface area contributed by atoms with Gasteiger partial charge in [0.25, 0.3) is 0 Å². The lowest BCUT2D eigenvalue weighted by atomic mass is 9.94. The van der Waals surface area contributed by atoms with Crippen LogP contribution in [0.2, 0.25) is 5.02 Å². The average Bonchev–Trinajstić information content (AvgIpc) is 3.05. The first-order chi connectivity index (χ1) is 21.0. The number of halogens is 1. The third-order valence-corrected chi connectivity index (χ3v) is 7.89. The fourth-order valence-corrected chi connectivity index (χ4v) is 5.42. The quantitative estimate of drug-likeness (QED) is 0.164. The van der Waals surface area contributed by atoms with Crippen LogP contribution in [0.4, 0.5) is 0 Å². The molecule has 3 unspecified atom stereocenters. The van der Waals surface area contributed by atoms with Gasteiger partial charge in [-0.25, -0.2) is 0 Å². The second-order valence-corrected chi connectivity index (χ2v) is 11.3. The van der Waals surface area contributed by atoms with Gasteiger partial charge in [-0.1, -0.05) is 115 Å². The molecule has 4 aromatic carbocycles. The van der Waals surface area contributed by atoms with Gasteiger partial charge >= 0.3 is 0 Å². The molecule has 5 nitrogen and oxygen atoms in total. The molecular formula is C37H39ClN2O3. The summed E-state index contributed by atoms with van der Waals surface area (Å²) in [5, 5.41) is 0.663. The van der Waals surface area contributed by atoms with Crippen LogP contribution < -0.4 is 11.5 Å². The Hall–Kier alpha value is -3.87. The van der Waals surface area contributed by atoms with Crippen LogP contribution >= 0.6 is 11.6 Å². The zero-order valence-electron chi connectivity index (χ0n) is 24.3. The maximum absolute atomic E-state index is 6.63. The van der Waals surface area contributed by atoms with Gasteiger partial charge in [-0.15, -0.1) is 0 Å². The fraction of sp³-hybridized carbons (Fsp3) is 0.243. The van der Waals surface area contributed by atoms with E-state index in [1.807, 2.05) is 91.0 Å². The van der Waals surface area contributed by atoms with Crippen molar-refractivity contribution in [1.82, 2.24) is 0 Å². The summed E-state index contributed by atoms with van der Waals surface area (Å²) in [6.45, 7) is 1.59. The predicted octanol–water partition coefficient (Wildman–Crippen LogP) is 7.75. The topological polar surface area (TPSA) is 79.7 Å². The van der Waals surface area contributed by atoms with Gasteiger partial charge in [0.2, 0.25) is 0 Å². The minimum atomic E-state index is -0.158. The van der Waals surface area contributed by atoms with Crippen molar-refractivity contribution in [2.24, 2.45) is 11.5 Å². The minimum absolute atomic E-state index is 0.0273. The Morgan fingerprint density at radius 3 is 2.14 bits per heavy atom. The van der Waals surface area contributed by atoms with Crippen LogP contribution in [0, 0.1) is 0 Å². The van der Waals surface area contributed by atoms with E-state index >= 15 is 0 Å². The number of rotatable bonds is 12. The third kappa shape index (κ3) is 9.31. The van der Waals surface area contributed by atoms with Crippen molar-refractivity contribution in [3.63, 3.8) is 0 Å². The van der Waals surface area contributed by atoms with Gasteiger partial charge in [0.1, 0.15) is 0 Å². The summed E-state index contributed by atoms with van der Waals surface area (Å²) in [6.07, 6.45) is 5.45. The summed E-state index contributed by atoms with van der Waals surface area (Å²) in [6, 6.07) is 36.3. The first kappa shape index (κ1) is 30.6. The van der Waals surface area contributed by atoms with Gasteiger partial charge in [0.15, 0.2) is 0 Å². The number of nitrogens with two attached hydrogens (primary N) is 2. The van der Waals surface area contributed by atoms with E-state index in [-0.39, 0.29) is 18.3 Å². The first-order valence-electron chi connectivity index (χ1n) is 14.7. The van der Waals surface area contributed by atoms with Gasteiger partial charge in [0.05, 0.1) is 38.1 Å². The van der Waals surface area contributed by atoms with Crippen LogP contribution in [0.3, 0.4) is 0 Å². The molecule has 3 atom stereocenters. The molecule has 6 heteroatoms. The predicted molar refractivity (Wildman–Crippen MR) is 174 cm³/mol. The molecule has 0 aliphatic carbocycles. The lowest BCUT2D eigenvalue weighted by Gasteiger charge is -2.36. The molecule has 43 heavy (non-hydrogen) atoms. The lowest BCUT2D eigenvalue weighted by Crippen LogP contribution is -2.35. The molecule has 1 aliphatic rings. The van der Waals surface area contributed by atoms with Crippen molar-refractivity contribution < 1.29 is 14.2 Å². The molecule has 1 saturated heterocycles. The zero-order chi connectivity index (χ0) is 29.9. The van der Waals surface area contributed by atoms with E-state index in [0.717, 1.165) is 40.7 Å². The van der Waals surface area contributed by atoms with Crippen molar-refractivity contribution in [3.8, 4) is 0 Å². The van der Waals surface area contributed by atoms with Crippen molar-refractivity contribution >= 4 is 17.3 Å². The highest BCUT2D eigenvalue weighted by molar-refractivity contribution is 6.31. The first-order valence-corrected chi connectivity index (χ1v) is 15.1.